The van der Waals surface area contributed by atoms with Gasteiger partial charge in [-0.15, -0.1) is 0 Å². The molecule has 0 radical (unpaired) electrons. The predicted octanol–water partition coefficient (Wildman–Crippen LogP) is 2.84. The summed E-state index contributed by atoms with van der Waals surface area (Å²) in [5.74, 6) is 0.491. The standard InChI is InChI=1S/C17H24N2O/c1-12-6-5-9-14-10-18-11-15(16(12)14)19-17(20)13-7-3-2-4-8-13/h5-6,9,13,15,18H,2-4,7-8,10-11H2,1H3,(H,19,20). The molecular formula is C17H24N2O. The Morgan fingerprint density at radius 3 is 2.85 bits per heavy atom. The lowest BCUT2D eigenvalue weighted by Gasteiger charge is -2.31. The monoisotopic (exact) mass is 272 g/mol. The number of carbonyl (C=O) groups excluding carboxylic acids is 1. The fourth-order valence-electron chi connectivity index (χ4n) is 3.62. The Bertz CT molecular complexity index is 492. The summed E-state index contributed by atoms with van der Waals surface area (Å²) in [4.78, 5) is 12.4. The first-order valence-electron chi connectivity index (χ1n) is 7.85. The van der Waals surface area contributed by atoms with E-state index in [2.05, 4.69) is 35.8 Å². The number of nitrogens with one attached hydrogen (secondary N) is 2. The highest BCUT2D eigenvalue weighted by Crippen LogP contribution is 2.28. The van der Waals surface area contributed by atoms with Crippen molar-refractivity contribution in [1.29, 1.82) is 0 Å². The minimum absolute atomic E-state index is 0.134. The summed E-state index contributed by atoms with van der Waals surface area (Å²) >= 11 is 0. The normalized spacial score (nSPS) is 23.1. The van der Waals surface area contributed by atoms with Crippen LogP contribution in [-0.4, -0.2) is 12.5 Å². The minimum atomic E-state index is 0.134. The van der Waals surface area contributed by atoms with Crippen LogP contribution in [0.15, 0.2) is 18.2 Å². The zero-order chi connectivity index (χ0) is 13.9. The van der Waals surface area contributed by atoms with Crippen LogP contribution in [0.1, 0.15) is 54.8 Å². The third-order valence-corrected chi connectivity index (χ3v) is 4.72. The second-order valence-electron chi connectivity index (χ2n) is 6.17. The summed E-state index contributed by atoms with van der Waals surface area (Å²) in [7, 11) is 0. The summed E-state index contributed by atoms with van der Waals surface area (Å²) in [5, 5.41) is 6.70. The number of aryl methyl sites for hydroxylation is 1. The molecule has 1 saturated carbocycles. The Morgan fingerprint density at radius 1 is 1.25 bits per heavy atom. The second-order valence-corrected chi connectivity index (χ2v) is 6.17. The van der Waals surface area contributed by atoms with E-state index in [9.17, 15) is 4.79 Å². The first-order chi connectivity index (χ1) is 9.75. The smallest absolute Gasteiger partial charge is 0.223 e. The van der Waals surface area contributed by atoms with Gasteiger partial charge in [-0.2, -0.15) is 0 Å². The van der Waals surface area contributed by atoms with Crippen molar-refractivity contribution < 1.29 is 4.79 Å². The Morgan fingerprint density at radius 2 is 2.05 bits per heavy atom. The van der Waals surface area contributed by atoms with Crippen molar-refractivity contribution in [3.63, 3.8) is 0 Å². The maximum absolute atomic E-state index is 12.4. The molecule has 3 nitrogen and oxygen atoms in total. The molecule has 1 heterocycles. The van der Waals surface area contributed by atoms with Gasteiger partial charge in [0.25, 0.3) is 0 Å². The number of carbonyl (C=O) groups is 1. The lowest BCUT2D eigenvalue weighted by atomic mass is 9.87. The SMILES string of the molecule is Cc1cccc2c1C(NC(=O)C1CCCCC1)CNC2. The van der Waals surface area contributed by atoms with Crippen LogP contribution in [0.2, 0.25) is 0 Å². The molecule has 1 aromatic rings. The number of benzene rings is 1. The van der Waals surface area contributed by atoms with Gasteiger partial charge in [-0.3, -0.25) is 4.79 Å². The minimum Gasteiger partial charge on any atom is -0.348 e. The first kappa shape index (κ1) is 13.6. The average molecular weight is 272 g/mol. The number of fused-ring (bicyclic) bond motifs is 1. The van der Waals surface area contributed by atoms with Crippen molar-refractivity contribution in [2.75, 3.05) is 6.54 Å². The van der Waals surface area contributed by atoms with Crippen molar-refractivity contribution >= 4 is 5.91 Å². The topological polar surface area (TPSA) is 41.1 Å². The van der Waals surface area contributed by atoms with Crippen molar-refractivity contribution in [1.82, 2.24) is 10.6 Å². The van der Waals surface area contributed by atoms with Crippen molar-refractivity contribution in [2.24, 2.45) is 5.92 Å². The van der Waals surface area contributed by atoms with Gasteiger partial charge in [0.2, 0.25) is 5.91 Å². The maximum atomic E-state index is 12.4. The molecule has 3 rings (SSSR count). The number of amides is 1. The number of hydrogen-bond acceptors (Lipinski definition) is 2. The van der Waals surface area contributed by atoms with Gasteiger partial charge in [-0.1, -0.05) is 37.5 Å². The molecule has 0 saturated heterocycles. The van der Waals surface area contributed by atoms with Gasteiger partial charge >= 0.3 is 0 Å². The summed E-state index contributed by atoms with van der Waals surface area (Å²) in [6.07, 6.45) is 5.82. The zero-order valence-corrected chi connectivity index (χ0v) is 12.2. The molecule has 0 aromatic heterocycles. The lowest BCUT2D eigenvalue weighted by Crippen LogP contribution is -2.42. The van der Waals surface area contributed by atoms with E-state index in [0.717, 1.165) is 25.9 Å². The van der Waals surface area contributed by atoms with E-state index in [0.29, 0.717) is 0 Å². The van der Waals surface area contributed by atoms with Gasteiger partial charge in [0.05, 0.1) is 6.04 Å². The van der Waals surface area contributed by atoms with E-state index >= 15 is 0 Å². The Balaban J connectivity index is 1.74. The van der Waals surface area contributed by atoms with E-state index in [1.807, 2.05) is 0 Å². The van der Waals surface area contributed by atoms with Gasteiger partial charge in [0.1, 0.15) is 0 Å². The molecule has 20 heavy (non-hydrogen) atoms. The quantitative estimate of drug-likeness (QED) is 0.869. The van der Waals surface area contributed by atoms with Crippen molar-refractivity contribution in [2.45, 2.75) is 51.6 Å². The maximum Gasteiger partial charge on any atom is 0.223 e. The van der Waals surface area contributed by atoms with E-state index < -0.39 is 0 Å². The van der Waals surface area contributed by atoms with Crippen LogP contribution in [0.5, 0.6) is 0 Å². The van der Waals surface area contributed by atoms with Crippen LogP contribution in [0.25, 0.3) is 0 Å². The predicted molar refractivity (Wildman–Crippen MR) is 80.3 cm³/mol. The van der Waals surface area contributed by atoms with E-state index in [1.54, 1.807) is 0 Å². The van der Waals surface area contributed by atoms with Crippen molar-refractivity contribution in [3.8, 4) is 0 Å². The molecule has 1 aliphatic heterocycles. The molecule has 1 aliphatic carbocycles. The van der Waals surface area contributed by atoms with E-state index in [1.165, 1.54) is 36.0 Å². The summed E-state index contributed by atoms with van der Waals surface area (Å²) in [6, 6.07) is 6.54. The second kappa shape index (κ2) is 5.96. The molecule has 108 valence electrons. The molecule has 1 amide bonds. The van der Waals surface area contributed by atoms with Gasteiger partial charge in [0, 0.05) is 19.0 Å². The van der Waals surface area contributed by atoms with E-state index in [-0.39, 0.29) is 17.9 Å². The zero-order valence-electron chi connectivity index (χ0n) is 12.2. The van der Waals surface area contributed by atoms with E-state index in [4.69, 9.17) is 0 Å². The summed E-state index contributed by atoms with van der Waals surface area (Å²) in [5.41, 5.74) is 3.94. The Hall–Kier alpha value is -1.35. The highest BCUT2D eigenvalue weighted by Gasteiger charge is 2.27. The third-order valence-electron chi connectivity index (χ3n) is 4.72. The fraction of sp³-hybridized carbons (Fsp3) is 0.588. The fourth-order valence-corrected chi connectivity index (χ4v) is 3.62. The van der Waals surface area contributed by atoms with Crippen LogP contribution in [-0.2, 0) is 11.3 Å². The average Bonchev–Trinajstić information content (AvgIpc) is 2.48. The molecule has 1 atom stereocenters. The molecule has 0 spiro atoms. The molecule has 0 bridgehead atoms. The summed E-state index contributed by atoms with van der Waals surface area (Å²) < 4.78 is 0. The molecular weight excluding hydrogens is 248 g/mol. The van der Waals surface area contributed by atoms with Gasteiger partial charge < -0.3 is 10.6 Å². The highest BCUT2D eigenvalue weighted by atomic mass is 16.1. The highest BCUT2D eigenvalue weighted by molar-refractivity contribution is 5.79. The molecule has 1 fully saturated rings. The largest absolute Gasteiger partial charge is 0.348 e. The van der Waals surface area contributed by atoms with Gasteiger partial charge in [-0.05, 0) is 36.5 Å². The van der Waals surface area contributed by atoms with Gasteiger partial charge in [0.15, 0.2) is 0 Å². The summed E-state index contributed by atoms with van der Waals surface area (Å²) in [6.45, 7) is 3.90. The van der Waals surface area contributed by atoms with Crippen LogP contribution in [0, 0.1) is 12.8 Å². The van der Waals surface area contributed by atoms with Crippen LogP contribution in [0.3, 0.4) is 0 Å². The Labute approximate surface area is 121 Å². The Kier molecular flexibility index (Phi) is 4.06. The lowest BCUT2D eigenvalue weighted by molar-refractivity contribution is -0.126. The van der Waals surface area contributed by atoms with Crippen LogP contribution >= 0.6 is 0 Å². The van der Waals surface area contributed by atoms with Crippen LogP contribution < -0.4 is 10.6 Å². The molecule has 1 unspecified atom stereocenters. The third kappa shape index (κ3) is 2.73. The van der Waals surface area contributed by atoms with Gasteiger partial charge in [-0.25, -0.2) is 0 Å². The number of rotatable bonds is 2. The molecule has 3 heteroatoms. The van der Waals surface area contributed by atoms with Crippen molar-refractivity contribution in [3.05, 3.63) is 34.9 Å². The molecule has 2 aliphatic rings. The first-order valence-corrected chi connectivity index (χ1v) is 7.85. The van der Waals surface area contributed by atoms with Crippen LogP contribution in [0.4, 0.5) is 0 Å². The number of hydrogen-bond donors (Lipinski definition) is 2. The molecule has 2 N–H and O–H groups in total. The molecule has 1 aromatic carbocycles.